The Morgan fingerprint density at radius 2 is 0.778 bits per heavy atom. The minimum Gasteiger partial charge on any atom is -0.0622 e. The standard InChI is InChI=1S/C26H31P/c1-25(2,3)20-12-16-23(17-13-20)27(22-10-8-7-9-11-22)24-18-14-21(15-19-24)26(4,5)6/h7-19H,1-6H3. The van der Waals surface area contributed by atoms with Crippen molar-refractivity contribution in [1.29, 1.82) is 0 Å². The summed E-state index contributed by atoms with van der Waals surface area (Å²) in [4.78, 5) is 0. The molecule has 3 rings (SSSR count). The zero-order valence-corrected chi connectivity index (χ0v) is 18.3. The molecule has 0 saturated heterocycles. The Balaban J connectivity index is 2.05. The molecule has 0 saturated carbocycles. The maximum Gasteiger partial charge on any atom is -0.0132 e. The molecular weight excluding hydrogens is 343 g/mol. The van der Waals surface area contributed by atoms with Gasteiger partial charge in [0.25, 0.3) is 0 Å². The summed E-state index contributed by atoms with van der Waals surface area (Å²) >= 11 is 0. The van der Waals surface area contributed by atoms with Gasteiger partial charge in [0.05, 0.1) is 0 Å². The molecule has 0 aliphatic carbocycles. The molecule has 0 aliphatic rings. The van der Waals surface area contributed by atoms with E-state index in [-0.39, 0.29) is 10.8 Å². The van der Waals surface area contributed by atoms with Gasteiger partial charge in [0, 0.05) is 0 Å². The second kappa shape index (κ2) is 7.61. The van der Waals surface area contributed by atoms with E-state index < -0.39 is 7.92 Å². The summed E-state index contributed by atoms with van der Waals surface area (Å²) < 4.78 is 0. The van der Waals surface area contributed by atoms with Crippen LogP contribution in [0, 0.1) is 0 Å². The molecule has 0 heterocycles. The van der Waals surface area contributed by atoms with Gasteiger partial charge < -0.3 is 0 Å². The van der Waals surface area contributed by atoms with Crippen molar-refractivity contribution >= 4 is 23.8 Å². The van der Waals surface area contributed by atoms with E-state index in [0.29, 0.717) is 0 Å². The predicted octanol–water partition coefficient (Wildman–Crippen LogP) is 6.04. The second-order valence-electron chi connectivity index (χ2n) is 9.26. The summed E-state index contributed by atoms with van der Waals surface area (Å²) in [6.07, 6.45) is 0. The van der Waals surface area contributed by atoms with Crippen molar-refractivity contribution in [3.63, 3.8) is 0 Å². The molecule has 0 N–H and O–H groups in total. The minimum absolute atomic E-state index is 0.183. The first-order chi connectivity index (χ1) is 12.7. The Morgan fingerprint density at radius 1 is 0.444 bits per heavy atom. The third kappa shape index (κ3) is 4.69. The smallest absolute Gasteiger partial charge is 0.0132 e. The fourth-order valence-electron chi connectivity index (χ4n) is 3.25. The summed E-state index contributed by atoms with van der Waals surface area (Å²) in [7, 11) is -0.542. The van der Waals surface area contributed by atoms with E-state index in [0.717, 1.165) is 0 Å². The third-order valence-electron chi connectivity index (χ3n) is 5.00. The number of rotatable bonds is 3. The average molecular weight is 375 g/mol. The quantitative estimate of drug-likeness (QED) is 0.490. The first kappa shape index (κ1) is 19.8. The largest absolute Gasteiger partial charge is 0.0622 e. The Morgan fingerprint density at radius 3 is 1.11 bits per heavy atom. The van der Waals surface area contributed by atoms with Crippen molar-refractivity contribution in [2.75, 3.05) is 0 Å². The molecule has 0 amide bonds. The molecule has 0 bridgehead atoms. The van der Waals surface area contributed by atoms with Gasteiger partial charge in [0.2, 0.25) is 0 Å². The van der Waals surface area contributed by atoms with Crippen molar-refractivity contribution in [2.24, 2.45) is 0 Å². The number of hydrogen-bond donors (Lipinski definition) is 0. The fraction of sp³-hybridized carbons (Fsp3) is 0.308. The first-order valence-electron chi connectivity index (χ1n) is 9.72. The van der Waals surface area contributed by atoms with E-state index in [1.807, 2.05) is 0 Å². The third-order valence-corrected chi connectivity index (χ3v) is 7.44. The number of hydrogen-bond acceptors (Lipinski definition) is 0. The van der Waals surface area contributed by atoms with E-state index in [4.69, 9.17) is 0 Å². The highest BCUT2D eigenvalue weighted by atomic mass is 31.1. The Labute approximate surface area is 166 Å². The van der Waals surface area contributed by atoms with Gasteiger partial charge in [-0.25, -0.2) is 0 Å². The van der Waals surface area contributed by atoms with E-state index >= 15 is 0 Å². The highest BCUT2D eigenvalue weighted by Gasteiger charge is 2.20. The van der Waals surface area contributed by atoms with Gasteiger partial charge in [-0.3, -0.25) is 0 Å². The van der Waals surface area contributed by atoms with Gasteiger partial charge in [0.1, 0.15) is 0 Å². The van der Waals surface area contributed by atoms with E-state index in [1.165, 1.54) is 27.0 Å². The zero-order chi connectivity index (χ0) is 19.7. The normalized spacial score (nSPS) is 12.4. The van der Waals surface area contributed by atoms with Gasteiger partial charge in [0.15, 0.2) is 0 Å². The average Bonchev–Trinajstić information content (AvgIpc) is 2.62. The minimum atomic E-state index is -0.542. The van der Waals surface area contributed by atoms with Crippen LogP contribution in [0.15, 0.2) is 78.9 Å². The predicted molar refractivity (Wildman–Crippen MR) is 123 cm³/mol. The number of benzene rings is 3. The molecule has 0 unspecified atom stereocenters. The molecule has 3 aromatic rings. The van der Waals surface area contributed by atoms with Crippen LogP contribution in [0.1, 0.15) is 52.7 Å². The van der Waals surface area contributed by atoms with Crippen LogP contribution in [-0.4, -0.2) is 0 Å². The summed E-state index contributed by atoms with van der Waals surface area (Å²) in [5.41, 5.74) is 3.14. The lowest BCUT2D eigenvalue weighted by molar-refractivity contribution is 0.590. The van der Waals surface area contributed by atoms with Crippen LogP contribution in [0.25, 0.3) is 0 Å². The Bertz CT molecular complexity index is 803. The van der Waals surface area contributed by atoms with Gasteiger partial charge in [-0.1, -0.05) is 120 Å². The lowest BCUT2D eigenvalue weighted by Crippen LogP contribution is -2.22. The van der Waals surface area contributed by atoms with Crippen LogP contribution in [0.3, 0.4) is 0 Å². The molecule has 3 aromatic carbocycles. The molecule has 0 aromatic heterocycles. The molecule has 140 valence electrons. The van der Waals surface area contributed by atoms with Gasteiger partial charge in [-0.05, 0) is 45.8 Å². The van der Waals surface area contributed by atoms with Crippen molar-refractivity contribution < 1.29 is 0 Å². The van der Waals surface area contributed by atoms with Crippen LogP contribution in [0.2, 0.25) is 0 Å². The molecule has 1 heteroatoms. The molecular formula is C26H31P. The van der Waals surface area contributed by atoms with Gasteiger partial charge in [-0.15, -0.1) is 0 Å². The van der Waals surface area contributed by atoms with Crippen molar-refractivity contribution in [3.8, 4) is 0 Å². The van der Waals surface area contributed by atoms with E-state index in [2.05, 4.69) is 120 Å². The second-order valence-corrected chi connectivity index (χ2v) is 11.5. The molecule has 0 nitrogen and oxygen atoms in total. The van der Waals surface area contributed by atoms with Crippen LogP contribution >= 0.6 is 7.92 Å². The van der Waals surface area contributed by atoms with Crippen molar-refractivity contribution in [2.45, 2.75) is 52.4 Å². The molecule has 0 radical (unpaired) electrons. The molecule has 0 aliphatic heterocycles. The highest BCUT2D eigenvalue weighted by Crippen LogP contribution is 2.34. The molecule has 0 spiro atoms. The highest BCUT2D eigenvalue weighted by molar-refractivity contribution is 7.79. The fourth-order valence-corrected chi connectivity index (χ4v) is 5.50. The maximum atomic E-state index is 2.33. The SMILES string of the molecule is CC(C)(C)c1ccc(P(c2ccccc2)c2ccc(C(C)(C)C)cc2)cc1. The maximum absolute atomic E-state index is 2.33. The van der Waals surface area contributed by atoms with Crippen molar-refractivity contribution in [1.82, 2.24) is 0 Å². The molecule has 0 atom stereocenters. The Hall–Kier alpha value is -1.91. The van der Waals surface area contributed by atoms with Crippen molar-refractivity contribution in [3.05, 3.63) is 90.0 Å². The lowest BCUT2D eigenvalue weighted by atomic mass is 9.87. The van der Waals surface area contributed by atoms with Gasteiger partial charge >= 0.3 is 0 Å². The van der Waals surface area contributed by atoms with Crippen LogP contribution < -0.4 is 15.9 Å². The van der Waals surface area contributed by atoms with E-state index in [1.54, 1.807) is 0 Å². The summed E-state index contributed by atoms with van der Waals surface area (Å²) in [5.74, 6) is 0. The molecule has 27 heavy (non-hydrogen) atoms. The van der Waals surface area contributed by atoms with Gasteiger partial charge in [-0.2, -0.15) is 0 Å². The summed E-state index contributed by atoms with van der Waals surface area (Å²) in [6, 6.07) is 29.5. The lowest BCUT2D eigenvalue weighted by Gasteiger charge is -2.24. The summed E-state index contributed by atoms with van der Waals surface area (Å²) in [5, 5.41) is 4.22. The van der Waals surface area contributed by atoms with Crippen LogP contribution in [-0.2, 0) is 10.8 Å². The Kier molecular flexibility index (Phi) is 5.59. The van der Waals surface area contributed by atoms with Crippen LogP contribution in [0.5, 0.6) is 0 Å². The topological polar surface area (TPSA) is 0 Å². The van der Waals surface area contributed by atoms with E-state index in [9.17, 15) is 0 Å². The molecule has 0 fully saturated rings. The van der Waals surface area contributed by atoms with Crippen LogP contribution in [0.4, 0.5) is 0 Å². The monoisotopic (exact) mass is 374 g/mol. The summed E-state index contributed by atoms with van der Waals surface area (Å²) in [6.45, 7) is 13.6. The zero-order valence-electron chi connectivity index (χ0n) is 17.5. The first-order valence-corrected chi connectivity index (χ1v) is 11.1.